The molecule has 22 heavy (non-hydrogen) atoms. The molecule has 3 heterocycles. The Labute approximate surface area is 130 Å². The van der Waals surface area contributed by atoms with Gasteiger partial charge in [0.2, 0.25) is 0 Å². The molecule has 0 bridgehead atoms. The molecule has 116 valence electrons. The molecule has 1 aliphatic rings. The van der Waals surface area contributed by atoms with Crippen molar-refractivity contribution >= 4 is 5.82 Å². The largest absolute Gasteiger partial charge is 0.356 e. The van der Waals surface area contributed by atoms with Crippen LogP contribution in [0.25, 0.3) is 11.5 Å². The van der Waals surface area contributed by atoms with E-state index >= 15 is 0 Å². The fourth-order valence-corrected chi connectivity index (χ4v) is 2.57. The van der Waals surface area contributed by atoms with E-state index in [1.165, 1.54) is 0 Å². The van der Waals surface area contributed by atoms with Crippen molar-refractivity contribution in [1.82, 2.24) is 19.9 Å². The summed E-state index contributed by atoms with van der Waals surface area (Å²) in [4.78, 5) is 20.1. The molecule has 6 nitrogen and oxygen atoms in total. The maximum Gasteiger partial charge on any atom is 0.182 e. The first-order valence-electron chi connectivity index (χ1n) is 7.79. The van der Waals surface area contributed by atoms with E-state index in [1.54, 1.807) is 18.6 Å². The molecule has 1 fully saturated rings. The number of hydrogen-bond donors (Lipinski definition) is 1. The van der Waals surface area contributed by atoms with Gasteiger partial charge in [-0.3, -0.25) is 4.98 Å². The Balaban J connectivity index is 1.97. The molecule has 1 aliphatic heterocycles. The molecule has 2 N–H and O–H groups in total. The molecule has 0 aliphatic carbocycles. The van der Waals surface area contributed by atoms with Crippen molar-refractivity contribution in [2.24, 2.45) is 5.73 Å². The topological polar surface area (TPSA) is 80.8 Å². The van der Waals surface area contributed by atoms with Crippen LogP contribution < -0.4 is 10.6 Å². The lowest BCUT2D eigenvalue weighted by atomic mass is 10.1. The normalized spacial score (nSPS) is 16.3. The molecule has 0 spiro atoms. The van der Waals surface area contributed by atoms with E-state index < -0.39 is 0 Å². The molecular formula is C16H22N6. The third kappa shape index (κ3) is 3.22. The summed E-state index contributed by atoms with van der Waals surface area (Å²) in [5, 5.41) is 0. The first-order chi connectivity index (χ1) is 10.6. The molecule has 0 aromatic carbocycles. The van der Waals surface area contributed by atoms with Gasteiger partial charge in [0.15, 0.2) is 5.82 Å². The summed E-state index contributed by atoms with van der Waals surface area (Å²) in [6.07, 6.45) is 7.03. The van der Waals surface area contributed by atoms with Gasteiger partial charge in [0.25, 0.3) is 0 Å². The lowest BCUT2D eigenvalue weighted by molar-refractivity contribution is 0.498. The fourth-order valence-electron chi connectivity index (χ4n) is 2.57. The first kappa shape index (κ1) is 14.8. The van der Waals surface area contributed by atoms with Crippen molar-refractivity contribution in [3.63, 3.8) is 0 Å². The quantitative estimate of drug-likeness (QED) is 0.933. The van der Waals surface area contributed by atoms with E-state index in [1.807, 2.05) is 0 Å². The van der Waals surface area contributed by atoms with Gasteiger partial charge in [-0.2, -0.15) is 0 Å². The van der Waals surface area contributed by atoms with Crippen molar-refractivity contribution in [2.45, 2.75) is 38.6 Å². The summed E-state index contributed by atoms with van der Waals surface area (Å²) in [5.74, 6) is 1.94. The second-order valence-corrected chi connectivity index (χ2v) is 6.04. The summed E-state index contributed by atoms with van der Waals surface area (Å²) in [6, 6.07) is 2.39. The van der Waals surface area contributed by atoms with E-state index in [4.69, 9.17) is 10.7 Å². The van der Waals surface area contributed by atoms with Gasteiger partial charge in [0.1, 0.15) is 11.5 Å². The van der Waals surface area contributed by atoms with Gasteiger partial charge >= 0.3 is 0 Å². The van der Waals surface area contributed by atoms with Crippen LogP contribution in [0.3, 0.4) is 0 Å². The Hall–Kier alpha value is -2.08. The molecule has 2 aromatic rings. The summed E-state index contributed by atoms with van der Waals surface area (Å²) in [5.41, 5.74) is 7.73. The minimum Gasteiger partial charge on any atom is -0.356 e. The van der Waals surface area contributed by atoms with Crippen LogP contribution in [-0.4, -0.2) is 39.1 Å². The molecule has 0 atom stereocenters. The molecular weight excluding hydrogens is 276 g/mol. The maximum atomic E-state index is 6.00. The van der Waals surface area contributed by atoms with Gasteiger partial charge in [-0.1, -0.05) is 13.8 Å². The van der Waals surface area contributed by atoms with E-state index in [0.717, 1.165) is 37.4 Å². The average molecular weight is 298 g/mol. The van der Waals surface area contributed by atoms with E-state index in [0.29, 0.717) is 23.5 Å². The van der Waals surface area contributed by atoms with Crippen LogP contribution >= 0.6 is 0 Å². The van der Waals surface area contributed by atoms with E-state index in [2.05, 4.69) is 39.8 Å². The number of rotatable bonds is 3. The minimum absolute atomic E-state index is 0.308. The third-order valence-corrected chi connectivity index (χ3v) is 3.98. The first-order valence-corrected chi connectivity index (χ1v) is 7.79. The van der Waals surface area contributed by atoms with Crippen molar-refractivity contribution in [3.05, 3.63) is 30.4 Å². The van der Waals surface area contributed by atoms with Crippen LogP contribution in [0.5, 0.6) is 0 Å². The van der Waals surface area contributed by atoms with Crippen LogP contribution in [0.1, 0.15) is 38.3 Å². The molecule has 0 radical (unpaired) electrons. The standard InChI is InChI=1S/C16H22N6/c1-11(2)13-9-15(22-7-3-12(17)4-8-22)21-16(20-13)14-10-18-5-6-19-14/h5-6,9-12H,3-4,7-8,17H2,1-2H3. The zero-order valence-electron chi connectivity index (χ0n) is 13.1. The van der Waals surface area contributed by atoms with Gasteiger partial charge in [0, 0.05) is 43.3 Å². The van der Waals surface area contributed by atoms with Gasteiger partial charge in [-0.25, -0.2) is 15.0 Å². The Morgan fingerprint density at radius 2 is 1.95 bits per heavy atom. The predicted octanol–water partition coefficient (Wildman–Crippen LogP) is 1.98. The van der Waals surface area contributed by atoms with Crippen LogP contribution in [0.2, 0.25) is 0 Å². The zero-order valence-corrected chi connectivity index (χ0v) is 13.1. The predicted molar refractivity (Wildman–Crippen MR) is 86.6 cm³/mol. The number of nitrogens with zero attached hydrogens (tertiary/aromatic N) is 5. The highest BCUT2D eigenvalue weighted by Crippen LogP contribution is 2.24. The maximum absolute atomic E-state index is 6.00. The zero-order chi connectivity index (χ0) is 15.5. The third-order valence-electron chi connectivity index (χ3n) is 3.98. The van der Waals surface area contributed by atoms with Gasteiger partial charge in [-0.05, 0) is 18.8 Å². The lowest BCUT2D eigenvalue weighted by Gasteiger charge is -2.31. The van der Waals surface area contributed by atoms with Crippen LogP contribution in [0.15, 0.2) is 24.7 Å². The second-order valence-electron chi connectivity index (χ2n) is 6.04. The van der Waals surface area contributed by atoms with Crippen molar-refractivity contribution in [2.75, 3.05) is 18.0 Å². The monoisotopic (exact) mass is 298 g/mol. The molecule has 1 saturated heterocycles. The van der Waals surface area contributed by atoms with E-state index in [9.17, 15) is 0 Å². The highest BCUT2D eigenvalue weighted by molar-refractivity contribution is 5.53. The molecule has 2 aromatic heterocycles. The van der Waals surface area contributed by atoms with Crippen LogP contribution in [0.4, 0.5) is 5.82 Å². The summed E-state index contributed by atoms with van der Waals surface area (Å²) < 4.78 is 0. The molecule has 3 rings (SSSR count). The molecule has 0 saturated carbocycles. The fraction of sp³-hybridized carbons (Fsp3) is 0.500. The van der Waals surface area contributed by atoms with Crippen LogP contribution in [-0.2, 0) is 0 Å². The highest BCUT2D eigenvalue weighted by Gasteiger charge is 2.19. The second kappa shape index (κ2) is 6.36. The van der Waals surface area contributed by atoms with Gasteiger partial charge < -0.3 is 10.6 Å². The lowest BCUT2D eigenvalue weighted by Crippen LogP contribution is -2.40. The summed E-state index contributed by atoms with van der Waals surface area (Å²) in [6.45, 7) is 6.16. The molecule has 6 heteroatoms. The highest BCUT2D eigenvalue weighted by atomic mass is 15.2. The van der Waals surface area contributed by atoms with Crippen molar-refractivity contribution in [1.29, 1.82) is 0 Å². The summed E-state index contributed by atoms with van der Waals surface area (Å²) >= 11 is 0. The average Bonchev–Trinajstić information content (AvgIpc) is 2.56. The van der Waals surface area contributed by atoms with E-state index in [-0.39, 0.29) is 0 Å². The minimum atomic E-state index is 0.308. The van der Waals surface area contributed by atoms with Crippen LogP contribution in [0, 0.1) is 0 Å². The van der Waals surface area contributed by atoms with Gasteiger partial charge in [0.05, 0.1) is 6.20 Å². The number of hydrogen-bond acceptors (Lipinski definition) is 6. The van der Waals surface area contributed by atoms with Crippen molar-refractivity contribution in [3.8, 4) is 11.5 Å². The van der Waals surface area contributed by atoms with Gasteiger partial charge in [-0.15, -0.1) is 0 Å². The van der Waals surface area contributed by atoms with Crippen molar-refractivity contribution < 1.29 is 0 Å². The Kier molecular flexibility index (Phi) is 4.29. The SMILES string of the molecule is CC(C)c1cc(N2CCC(N)CC2)nc(-c2cnccn2)n1. The number of piperidine rings is 1. The molecule has 0 unspecified atom stereocenters. The number of nitrogens with two attached hydrogens (primary N) is 1. The Bertz CT molecular complexity index is 620. The number of anilines is 1. The Morgan fingerprint density at radius 3 is 2.59 bits per heavy atom. The summed E-state index contributed by atoms with van der Waals surface area (Å²) in [7, 11) is 0. The number of aromatic nitrogens is 4. The molecule has 0 amide bonds. The smallest absolute Gasteiger partial charge is 0.182 e. The Morgan fingerprint density at radius 1 is 1.18 bits per heavy atom.